The van der Waals surface area contributed by atoms with Crippen LogP contribution >= 0.6 is 0 Å². The summed E-state index contributed by atoms with van der Waals surface area (Å²) in [7, 11) is 1.39. The second-order valence-corrected chi connectivity index (χ2v) is 6.04. The number of alkyl halides is 3. The largest absolute Gasteiger partial charge is 0.494 e. The first-order valence-corrected chi connectivity index (χ1v) is 8.62. The standard InChI is InChI=1S/C20H21F3N2O3/c1-3-28-16-10-8-14(9-11-16)19(27)24-12-18(26)25(2)13-15-6-4-5-7-17(15)20(21,22)23/h4-11H,3,12-13H2,1-2H3,(H,24,27). The lowest BCUT2D eigenvalue weighted by Crippen LogP contribution is -2.38. The molecule has 1 N–H and O–H groups in total. The van der Waals surface area contributed by atoms with Crippen LogP contribution in [0.3, 0.4) is 0 Å². The third kappa shape index (κ3) is 5.73. The van der Waals surface area contributed by atoms with Gasteiger partial charge in [-0.3, -0.25) is 9.59 Å². The summed E-state index contributed by atoms with van der Waals surface area (Å²) in [5, 5.41) is 2.47. The molecular weight excluding hydrogens is 373 g/mol. The summed E-state index contributed by atoms with van der Waals surface area (Å²) in [5.74, 6) is -0.338. The van der Waals surface area contributed by atoms with E-state index in [0.717, 1.165) is 11.0 Å². The molecule has 5 nitrogen and oxygen atoms in total. The predicted molar refractivity (Wildman–Crippen MR) is 97.9 cm³/mol. The van der Waals surface area contributed by atoms with Crippen LogP contribution in [0.15, 0.2) is 48.5 Å². The van der Waals surface area contributed by atoms with E-state index in [4.69, 9.17) is 4.74 Å². The summed E-state index contributed by atoms with van der Waals surface area (Å²) in [5.41, 5.74) is -0.446. The van der Waals surface area contributed by atoms with Gasteiger partial charge in [-0.25, -0.2) is 0 Å². The molecule has 0 radical (unpaired) electrons. The molecule has 0 aliphatic carbocycles. The fraction of sp³-hybridized carbons (Fsp3) is 0.300. The monoisotopic (exact) mass is 394 g/mol. The normalized spacial score (nSPS) is 11.0. The zero-order valence-electron chi connectivity index (χ0n) is 15.5. The Labute approximate surface area is 161 Å². The lowest BCUT2D eigenvalue weighted by atomic mass is 10.1. The van der Waals surface area contributed by atoms with Crippen LogP contribution in [0.2, 0.25) is 0 Å². The number of nitrogens with one attached hydrogen (secondary N) is 1. The minimum atomic E-state index is -4.50. The third-order valence-electron chi connectivity index (χ3n) is 3.98. The predicted octanol–water partition coefficient (Wildman–Crippen LogP) is 3.49. The highest BCUT2D eigenvalue weighted by Crippen LogP contribution is 2.32. The van der Waals surface area contributed by atoms with Gasteiger partial charge in [-0.15, -0.1) is 0 Å². The molecule has 0 bridgehead atoms. The molecule has 0 spiro atoms. The van der Waals surface area contributed by atoms with E-state index in [-0.39, 0.29) is 18.7 Å². The van der Waals surface area contributed by atoms with Crippen LogP contribution in [-0.4, -0.2) is 36.9 Å². The molecule has 8 heteroatoms. The molecule has 2 aromatic rings. The van der Waals surface area contributed by atoms with Crippen molar-refractivity contribution >= 4 is 11.8 Å². The van der Waals surface area contributed by atoms with Gasteiger partial charge in [0.15, 0.2) is 0 Å². The fourth-order valence-corrected chi connectivity index (χ4v) is 2.54. The Hall–Kier alpha value is -3.03. The molecule has 2 amide bonds. The van der Waals surface area contributed by atoms with Crippen LogP contribution in [0.1, 0.15) is 28.4 Å². The smallest absolute Gasteiger partial charge is 0.416 e. The van der Waals surface area contributed by atoms with E-state index in [2.05, 4.69) is 5.32 Å². The van der Waals surface area contributed by atoms with E-state index in [1.807, 2.05) is 6.92 Å². The van der Waals surface area contributed by atoms with Crippen molar-refractivity contribution in [1.29, 1.82) is 0 Å². The van der Waals surface area contributed by atoms with Crippen LogP contribution in [0, 0.1) is 0 Å². The quantitative estimate of drug-likeness (QED) is 0.782. The van der Waals surface area contributed by atoms with Crippen LogP contribution in [0.25, 0.3) is 0 Å². The van der Waals surface area contributed by atoms with E-state index in [1.54, 1.807) is 24.3 Å². The Morgan fingerprint density at radius 3 is 2.32 bits per heavy atom. The number of hydrogen-bond acceptors (Lipinski definition) is 3. The Balaban J connectivity index is 1.93. The van der Waals surface area contributed by atoms with Crippen molar-refractivity contribution in [1.82, 2.24) is 10.2 Å². The molecule has 0 aliphatic heterocycles. The Morgan fingerprint density at radius 2 is 1.71 bits per heavy atom. The number of ether oxygens (including phenoxy) is 1. The maximum Gasteiger partial charge on any atom is 0.416 e. The molecule has 0 saturated carbocycles. The Kier molecular flexibility index (Phi) is 7.03. The van der Waals surface area contributed by atoms with Crippen molar-refractivity contribution in [3.8, 4) is 5.75 Å². The van der Waals surface area contributed by atoms with E-state index >= 15 is 0 Å². The molecule has 0 fully saturated rings. The average molecular weight is 394 g/mol. The van der Waals surface area contributed by atoms with Gasteiger partial charge in [-0.1, -0.05) is 18.2 Å². The second-order valence-electron chi connectivity index (χ2n) is 6.04. The first kappa shape index (κ1) is 21.3. The van der Waals surface area contributed by atoms with Gasteiger partial charge < -0.3 is 15.0 Å². The summed E-state index contributed by atoms with van der Waals surface area (Å²) >= 11 is 0. The van der Waals surface area contributed by atoms with Gasteiger partial charge in [0.2, 0.25) is 5.91 Å². The van der Waals surface area contributed by atoms with Crippen molar-refractivity contribution in [3.05, 3.63) is 65.2 Å². The van der Waals surface area contributed by atoms with Crippen LogP contribution in [0.5, 0.6) is 5.75 Å². The Bertz CT molecular complexity index is 820. The maximum absolute atomic E-state index is 13.0. The van der Waals surface area contributed by atoms with Crippen molar-refractivity contribution in [2.24, 2.45) is 0 Å². The Morgan fingerprint density at radius 1 is 1.07 bits per heavy atom. The number of benzene rings is 2. The van der Waals surface area contributed by atoms with E-state index in [0.29, 0.717) is 17.9 Å². The molecule has 2 aromatic carbocycles. The average Bonchev–Trinajstić information content (AvgIpc) is 2.66. The fourth-order valence-electron chi connectivity index (χ4n) is 2.54. The summed E-state index contributed by atoms with van der Waals surface area (Å²) in [6, 6.07) is 11.5. The maximum atomic E-state index is 13.0. The lowest BCUT2D eigenvalue weighted by molar-refractivity contribution is -0.139. The molecule has 0 heterocycles. The molecule has 0 saturated heterocycles. The molecule has 0 aromatic heterocycles. The molecule has 0 unspecified atom stereocenters. The minimum absolute atomic E-state index is 0.0105. The highest BCUT2D eigenvalue weighted by atomic mass is 19.4. The number of nitrogens with zero attached hydrogens (tertiary/aromatic N) is 1. The van der Waals surface area contributed by atoms with Crippen molar-refractivity contribution in [2.75, 3.05) is 20.2 Å². The van der Waals surface area contributed by atoms with Crippen molar-refractivity contribution < 1.29 is 27.5 Å². The highest BCUT2D eigenvalue weighted by Gasteiger charge is 2.33. The van der Waals surface area contributed by atoms with Gasteiger partial charge in [-0.05, 0) is 42.8 Å². The number of halogens is 3. The number of carbonyl (C=O) groups excluding carboxylic acids is 2. The minimum Gasteiger partial charge on any atom is -0.494 e. The zero-order chi connectivity index (χ0) is 20.7. The number of rotatable bonds is 7. The SMILES string of the molecule is CCOc1ccc(C(=O)NCC(=O)N(C)Cc2ccccc2C(F)(F)F)cc1. The number of carbonyl (C=O) groups is 2. The molecule has 28 heavy (non-hydrogen) atoms. The lowest BCUT2D eigenvalue weighted by Gasteiger charge is -2.20. The van der Waals surface area contributed by atoms with Gasteiger partial charge >= 0.3 is 6.18 Å². The van der Waals surface area contributed by atoms with Crippen molar-refractivity contribution in [2.45, 2.75) is 19.6 Å². The molecule has 150 valence electrons. The van der Waals surface area contributed by atoms with Gasteiger partial charge in [0.05, 0.1) is 18.7 Å². The van der Waals surface area contributed by atoms with E-state index in [9.17, 15) is 22.8 Å². The van der Waals surface area contributed by atoms with Gasteiger partial charge in [-0.2, -0.15) is 13.2 Å². The van der Waals surface area contributed by atoms with Crippen LogP contribution < -0.4 is 10.1 Å². The third-order valence-corrected chi connectivity index (χ3v) is 3.98. The topological polar surface area (TPSA) is 58.6 Å². The van der Waals surface area contributed by atoms with Gasteiger partial charge in [0, 0.05) is 19.2 Å². The summed E-state index contributed by atoms with van der Waals surface area (Å²) in [4.78, 5) is 25.4. The molecule has 0 aliphatic rings. The summed E-state index contributed by atoms with van der Waals surface area (Å²) < 4.78 is 44.4. The highest BCUT2D eigenvalue weighted by molar-refractivity contribution is 5.96. The number of amides is 2. The van der Waals surface area contributed by atoms with E-state index in [1.165, 1.54) is 25.2 Å². The number of hydrogen-bond donors (Lipinski definition) is 1. The second kappa shape index (κ2) is 9.25. The molecule has 2 rings (SSSR count). The molecule has 0 atom stereocenters. The van der Waals surface area contributed by atoms with Crippen LogP contribution in [-0.2, 0) is 17.5 Å². The number of likely N-dealkylation sites (N-methyl/N-ethyl adjacent to an activating group) is 1. The first-order chi connectivity index (χ1) is 13.2. The van der Waals surface area contributed by atoms with Crippen molar-refractivity contribution in [3.63, 3.8) is 0 Å². The molecular formula is C20H21F3N2O3. The first-order valence-electron chi connectivity index (χ1n) is 8.62. The summed E-state index contributed by atoms with van der Waals surface area (Å²) in [6.45, 7) is 1.81. The van der Waals surface area contributed by atoms with E-state index < -0.39 is 23.6 Å². The summed E-state index contributed by atoms with van der Waals surface area (Å²) in [6.07, 6.45) is -4.50. The zero-order valence-corrected chi connectivity index (χ0v) is 15.5. The van der Waals surface area contributed by atoms with Gasteiger partial charge in [0.25, 0.3) is 5.91 Å². The van der Waals surface area contributed by atoms with Gasteiger partial charge in [0.1, 0.15) is 5.75 Å². The van der Waals surface area contributed by atoms with Crippen LogP contribution in [0.4, 0.5) is 13.2 Å².